The Kier molecular flexibility index (Phi) is 5.33. The third kappa shape index (κ3) is 3.95. The maximum absolute atomic E-state index is 12.5. The first-order chi connectivity index (χ1) is 13.1. The van der Waals surface area contributed by atoms with Crippen molar-refractivity contribution in [1.82, 2.24) is 10.3 Å². The summed E-state index contributed by atoms with van der Waals surface area (Å²) in [5, 5.41) is 8.41. The summed E-state index contributed by atoms with van der Waals surface area (Å²) in [5.41, 5.74) is 2.80. The highest BCUT2D eigenvalue weighted by molar-refractivity contribution is 7.17. The Morgan fingerprint density at radius 3 is 3.00 bits per heavy atom. The van der Waals surface area contributed by atoms with Crippen LogP contribution in [-0.2, 0) is 6.42 Å². The second-order valence-corrected chi connectivity index (χ2v) is 8.24. The number of fused-ring (bicyclic) bond motifs is 1. The molecule has 3 aromatic rings. The number of carbonyl (C=O) groups excluding carboxylic acids is 1. The molecule has 2 aromatic heterocycles. The van der Waals surface area contributed by atoms with Crippen LogP contribution in [0.15, 0.2) is 29.0 Å². The Morgan fingerprint density at radius 1 is 1.33 bits per heavy atom. The first kappa shape index (κ1) is 18.3. The van der Waals surface area contributed by atoms with Crippen molar-refractivity contribution >= 4 is 40.2 Å². The molecule has 0 spiro atoms. The summed E-state index contributed by atoms with van der Waals surface area (Å²) in [5.74, 6) is 1.15. The molecule has 0 unspecified atom stereocenters. The number of nitrogens with one attached hydrogen (secondary N) is 1. The van der Waals surface area contributed by atoms with Crippen LogP contribution in [0.2, 0.25) is 5.02 Å². The minimum Gasteiger partial charge on any atom is -0.486 e. The third-order valence-electron chi connectivity index (χ3n) is 4.13. The average Bonchev–Trinajstić information content (AvgIpc) is 3.31. The van der Waals surface area contributed by atoms with Crippen LogP contribution in [0.3, 0.4) is 0 Å². The van der Waals surface area contributed by atoms with Crippen molar-refractivity contribution < 1.29 is 14.3 Å². The molecule has 1 aliphatic heterocycles. The number of carbonyl (C=O) groups is 1. The number of thiazole rings is 1. The van der Waals surface area contributed by atoms with Gasteiger partial charge >= 0.3 is 0 Å². The molecule has 4 rings (SSSR count). The van der Waals surface area contributed by atoms with Gasteiger partial charge in [0.15, 0.2) is 11.5 Å². The quantitative estimate of drug-likeness (QED) is 0.656. The lowest BCUT2D eigenvalue weighted by atomic mass is 10.1. The zero-order valence-corrected chi connectivity index (χ0v) is 17.0. The highest BCUT2D eigenvalue weighted by Gasteiger charge is 2.18. The number of nitrogens with zero attached hydrogens (tertiary/aromatic N) is 1. The van der Waals surface area contributed by atoms with Gasteiger partial charge in [0.2, 0.25) is 0 Å². The number of hydrogen-bond acceptors (Lipinski definition) is 6. The van der Waals surface area contributed by atoms with Gasteiger partial charge in [-0.3, -0.25) is 4.79 Å². The zero-order valence-electron chi connectivity index (χ0n) is 14.6. The second-order valence-electron chi connectivity index (χ2n) is 6.05. The number of aromatic nitrogens is 1. The van der Waals surface area contributed by atoms with Crippen LogP contribution in [0.5, 0.6) is 11.5 Å². The van der Waals surface area contributed by atoms with E-state index in [0.717, 1.165) is 21.8 Å². The molecule has 1 aliphatic rings. The lowest BCUT2D eigenvalue weighted by Crippen LogP contribution is -2.25. The zero-order chi connectivity index (χ0) is 18.8. The fourth-order valence-corrected chi connectivity index (χ4v) is 4.81. The van der Waals surface area contributed by atoms with Gasteiger partial charge in [0.1, 0.15) is 23.1 Å². The van der Waals surface area contributed by atoms with Crippen molar-refractivity contribution in [2.75, 3.05) is 19.8 Å². The number of benzene rings is 1. The average molecular weight is 421 g/mol. The number of hydrogen-bond donors (Lipinski definition) is 1. The van der Waals surface area contributed by atoms with Gasteiger partial charge in [-0.25, -0.2) is 4.98 Å². The van der Waals surface area contributed by atoms with Gasteiger partial charge in [-0.2, -0.15) is 11.3 Å². The maximum atomic E-state index is 12.5. The third-order valence-corrected chi connectivity index (χ3v) is 6.30. The maximum Gasteiger partial charge on any atom is 0.263 e. The van der Waals surface area contributed by atoms with E-state index >= 15 is 0 Å². The number of rotatable bonds is 5. The van der Waals surface area contributed by atoms with E-state index in [0.29, 0.717) is 47.6 Å². The van der Waals surface area contributed by atoms with Gasteiger partial charge < -0.3 is 14.8 Å². The molecule has 1 amide bonds. The van der Waals surface area contributed by atoms with Gasteiger partial charge in [0.25, 0.3) is 5.91 Å². The topological polar surface area (TPSA) is 60.5 Å². The molecule has 0 saturated carbocycles. The van der Waals surface area contributed by atoms with E-state index < -0.39 is 0 Å². The summed E-state index contributed by atoms with van der Waals surface area (Å²) in [6, 6.07) is 5.78. The van der Waals surface area contributed by atoms with Crippen molar-refractivity contribution in [1.29, 1.82) is 0 Å². The first-order valence-electron chi connectivity index (χ1n) is 8.48. The lowest BCUT2D eigenvalue weighted by Gasteiger charge is -2.20. The van der Waals surface area contributed by atoms with E-state index in [1.807, 2.05) is 35.9 Å². The SMILES string of the molecule is Cc1nc(-c2ccsc2)sc1C(=O)NCCc1cc(Cl)c2c(c1)OCCO2. The van der Waals surface area contributed by atoms with Gasteiger partial charge in [-0.15, -0.1) is 11.3 Å². The molecule has 1 aromatic carbocycles. The largest absolute Gasteiger partial charge is 0.486 e. The van der Waals surface area contributed by atoms with Crippen LogP contribution in [-0.4, -0.2) is 30.6 Å². The Morgan fingerprint density at radius 2 is 2.19 bits per heavy atom. The smallest absolute Gasteiger partial charge is 0.263 e. The predicted octanol–water partition coefficient (Wildman–Crippen LogP) is 4.58. The highest BCUT2D eigenvalue weighted by Crippen LogP contribution is 2.38. The first-order valence-corrected chi connectivity index (χ1v) is 10.6. The minimum atomic E-state index is -0.102. The molecule has 0 radical (unpaired) electrons. The molecule has 3 heterocycles. The number of ether oxygens (including phenoxy) is 2. The number of amides is 1. The Labute approximate surface area is 169 Å². The lowest BCUT2D eigenvalue weighted by molar-refractivity contribution is 0.0957. The van der Waals surface area contributed by atoms with Crippen molar-refractivity contribution in [3.63, 3.8) is 0 Å². The normalized spacial score (nSPS) is 12.8. The number of aryl methyl sites for hydroxylation is 1. The van der Waals surface area contributed by atoms with E-state index in [2.05, 4.69) is 10.3 Å². The van der Waals surface area contributed by atoms with Crippen LogP contribution in [0, 0.1) is 6.92 Å². The summed E-state index contributed by atoms with van der Waals surface area (Å²) in [6.45, 7) is 3.38. The fourth-order valence-electron chi connectivity index (χ4n) is 2.83. The molecule has 5 nitrogen and oxygen atoms in total. The fraction of sp³-hybridized carbons (Fsp3) is 0.263. The van der Waals surface area contributed by atoms with Crippen LogP contribution < -0.4 is 14.8 Å². The molecule has 27 heavy (non-hydrogen) atoms. The molecule has 8 heteroatoms. The molecule has 0 bridgehead atoms. The Balaban J connectivity index is 1.40. The minimum absolute atomic E-state index is 0.102. The van der Waals surface area contributed by atoms with Crippen LogP contribution >= 0.6 is 34.3 Å². The van der Waals surface area contributed by atoms with Crippen LogP contribution in [0.4, 0.5) is 0 Å². The monoisotopic (exact) mass is 420 g/mol. The van der Waals surface area contributed by atoms with Gasteiger partial charge in [0.05, 0.1) is 10.7 Å². The Hall–Kier alpha value is -2.09. The standard InChI is InChI=1S/C19H17ClN2O3S2/c1-11-17(27-19(22-11)13-3-7-26-10-13)18(23)21-4-2-12-8-14(20)16-15(9-12)24-5-6-25-16/h3,7-10H,2,4-6H2,1H3,(H,21,23). The Bertz CT molecular complexity index is 970. The van der Waals surface area contributed by atoms with Crippen molar-refractivity contribution in [3.8, 4) is 22.1 Å². The summed E-state index contributed by atoms with van der Waals surface area (Å²) >= 11 is 9.29. The van der Waals surface area contributed by atoms with Crippen LogP contribution in [0.1, 0.15) is 20.9 Å². The number of halogens is 1. The van der Waals surface area contributed by atoms with Crippen molar-refractivity contribution in [2.45, 2.75) is 13.3 Å². The van der Waals surface area contributed by atoms with E-state index in [1.165, 1.54) is 11.3 Å². The summed E-state index contributed by atoms with van der Waals surface area (Å²) in [7, 11) is 0. The van der Waals surface area contributed by atoms with E-state index in [1.54, 1.807) is 11.3 Å². The van der Waals surface area contributed by atoms with Crippen LogP contribution in [0.25, 0.3) is 10.6 Å². The number of thiophene rings is 1. The van der Waals surface area contributed by atoms with Gasteiger partial charge in [0, 0.05) is 17.5 Å². The molecular weight excluding hydrogens is 404 g/mol. The van der Waals surface area contributed by atoms with E-state index in [-0.39, 0.29) is 5.91 Å². The van der Waals surface area contributed by atoms with E-state index in [4.69, 9.17) is 21.1 Å². The second kappa shape index (κ2) is 7.88. The van der Waals surface area contributed by atoms with Crippen molar-refractivity contribution in [3.05, 3.63) is 50.1 Å². The van der Waals surface area contributed by atoms with Gasteiger partial charge in [-0.1, -0.05) is 11.6 Å². The molecule has 0 aliphatic carbocycles. The highest BCUT2D eigenvalue weighted by atomic mass is 35.5. The van der Waals surface area contributed by atoms with Crippen molar-refractivity contribution in [2.24, 2.45) is 0 Å². The summed E-state index contributed by atoms with van der Waals surface area (Å²) < 4.78 is 11.1. The summed E-state index contributed by atoms with van der Waals surface area (Å²) in [6.07, 6.45) is 0.650. The summed E-state index contributed by atoms with van der Waals surface area (Å²) in [4.78, 5) is 17.7. The van der Waals surface area contributed by atoms with Gasteiger partial charge in [-0.05, 0) is 42.5 Å². The molecule has 0 atom stereocenters. The molecule has 140 valence electrons. The molecule has 0 saturated heterocycles. The molecular formula is C19H17ClN2O3S2. The predicted molar refractivity (Wildman–Crippen MR) is 109 cm³/mol. The molecule has 1 N–H and O–H groups in total. The van der Waals surface area contributed by atoms with E-state index in [9.17, 15) is 4.79 Å². The molecule has 0 fully saturated rings.